The van der Waals surface area contributed by atoms with Gasteiger partial charge in [0.25, 0.3) is 21.5 Å². The number of hydrogen-bond acceptors (Lipinski definition) is 8. The van der Waals surface area contributed by atoms with Crippen LogP contribution in [0.15, 0.2) is 71.6 Å². The van der Waals surface area contributed by atoms with Crippen molar-refractivity contribution in [3.8, 4) is 0 Å². The molecule has 3 N–H and O–H groups in total. The molecular weight excluding hydrogens is 439 g/mol. The normalized spacial score (nSPS) is 10.6. The molecule has 0 amide bonds. The predicted octanol–water partition coefficient (Wildman–Crippen LogP) is 3.86. The molecule has 31 heavy (non-hydrogen) atoms. The van der Waals surface area contributed by atoms with Crippen molar-refractivity contribution in [2.75, 3.05) is 10.6 Å². The molecule has 1 radical (unpaired) electrons. The van der Waals surface area contributed by atoms with E-state index in [1.54, 1.807) is 30.3 Å². The van der Waals surface area contributed by atoms with E-state index in [4.69, 9.17) is 0 Å². The molecule has 155 valence electrons. The summed E-state index contributed by atoms with van der Waals surface area (Å²) in [6.45, 7) is 0. The molecule has 3 aromatic carbocycles. The molecule has 0 saturated heterocycles. The Labute approximate surface area is 198 Å². The molecule has 0 bridgehead atoms. The molecule has 0 aromatic heterocycles. The van der Waals surface area contributed by atoms with Crippen molar-refractivity contribution in [1.29, 1.82) is 0 Å². The van der Waals surface area contributed by atoms with Crippen LogP contribution in [0.1, 0.15) is 0 Å². The number of non-ortho nitro benzene ring substituents is 1. The molecule has 0 spiro atoms. The van der Waals surface area contributed by atoms with E-state index in [1.165, 1.54) is 12.1 Å². The van der Waals surface area contributed by atoms with Gasteiger partial charge in [-0.2, -0.15) is 8.42 Å². The van der Waals surface area contributed by atoms with Gasteiger partial charge < -0.3 is 10.6 Å². The third kappa shape index (κ3) is 5.99. The first kappa shape index (κ1) is 24.2. The number of rotatable bonds is 7. The summed E-state index contributed by atoms with van der Waals surface area (Å²) in [5, 5.41) is 27.6. The number of nitrogens with one attached hydrogen (secondary N) is 2. The Morgan fingerprint density at radius 1 is 0.774 bits per heavy atom. The fraction of sp³-hybridized carbons (Fsp3) is 0. The number of nitro benzene ring substituents is 2. The van der Waals surface area contributed by atoms with Crippen LogP contribution in [0.5, 0.6) is 0 Å². The van der Waals surface area contributed by atoms with Crippen LogP contribution in [0.4, 0.5) is 34.1 Å². The van der Waals surface area contributed by atoms with Gasteiger partial charge in [-0.05, 0) is 36.4 Å². The molecule has 0 heterocycles. The number of para-hydroxylation sites is 1. The minimum atomic E-state index is -4.64. The molecule has 11 nitrogen and oxygen atoms in total. The van der Waals surface area contributed by atoms with Gasteiger partial charge in [0.15, 0.2) is 0 Å². The molecule has 0 aliphatic heterocycles. The van der Waals surface area contributed by atoms with Crippen molar-refractivity contribution in [3.05, 3.63) is 87.0 Å². The maximum atomic E-state index is 11.8. The van der Waals surface area contributed by atoms with Crippen molar-refractivity contribution in [2.45, 2.75) is 4.90 Å². The summed E-state index contributed by atoms with van der Waals surface area (Å²) in [5.41, 5.74) is -0.340. The number of nitro groups is 2. The molecule has 0 saturated carbocycles. The van der Waals surface area contributed by atoms with Crippen LogP contribution in [0.25, 0.3) is 0 Å². The van der Waals surface area contributed by atoms with E-state index in [2.05, 4.69) is 10.6 Å². The smallest absolute Gasteiger partial charge is 0.299 e. The second-order valence-electron chi connectivity index (χ2n) is 6.02. The molecule has 0 atom stereocenters. The summed E-state index contributed by atoms with van der Waals surface area (Å²) in [5.74, 6) is 0. The van der Waals surface area contributed by atoms with Crippen LogP contribution in [-0.4, -0.2) is 52.4 Å². The fourth-order valence-corrected chi connectivity index (χ4v) is 3.31. The quantitative estimate of drug-likeness (QED) is 0.208. The zero-order valence-electron chi connectivity index (χ0n) is 16.1. The molecule has 3 rings (SSSR count). The van der Waals surface area contributed by atoms with Gasteiger partial charge in [-0.1, -0.05) is 18.2 Å². The number of benzene rings is 3. The zero-order chi connectivity index (χ0) is 21.9. The minimum absolute atomic E-state index is 0. The van der Waals surface area contributed by atoms with Gasteiger partial charge in [0.05, 0.1) is 21.6 Å². The van der Waals surface area contributed by atoms with Crippen molar-refractivity contribution in [3.63, 3.8) is 0 Å². The third-order valence-electron chi connectivity index (χ3n) is 3.98. The molecule has 0 fully saturated rings. The molecular formula is C18H14N4NaO7S. The van der Waals surface area contributed by atoms with Gasteiger partial charge in [0.1, 0.15) is 10.6 Å². The topological polar surface area (TPSA) is 165 Å². The second kappa shape index (κ2) is 9.85. The zero-order valence-corrected chi connectivity index (χ0v) is 18.9. The summed E-state index contributed by atoms with van der Waals surface area (Å²) >= 11 is 0. The molecule has 0 unspecified atom stereocenters. The van der Waals surface area contributed by atoms with Crippen molar-refractivity contribution in [1.82, 2.24) is 0 Å². The summed E-state index contributed by atoms with van der Waals surface area (Å²) in [4.78, 5) is 20.1. The molecule has 0 aliphatic rings. The summed E-state index contributed by atoms with van der Waals surface area (Å²) in [6, 6.07) is 15.5. The number of hydrogen-bond donors (Lipinski definition) is 3. The summed E-state index contributed by atoms with van der Waals surface area (Å²) in [6.07, 6.45) is 0. The van der Waals surface area contributed by atoms with Gasteiger partial charge in [0, 0.05) is 47.0 Å². The van der Waals surface area contributed by atoms with Crippen LogP contribution >= 0.6 is 0 Å². The first-order valence-electron chi connectivity index (χ1n) is 8.28. The van der Waals surface area contributed by atoms with E-state index in [1.807, 2.05) is 0 Å². The average molecular weight is 453 g/mol. The van der Waals surface area contributed by atoms with Crippen LogP contribution in [-0.2, 0) is 10.1 Å². The van der Waals surface area contributed by atoms with E-state index in [0.29, 0.717) is 5.69 Å². The number of nitrogens with zero attached hydrogens (tertiary/aromatic N) is 2. The van der Waals surface area contributed by atoms with Crippen molar-refractivity contribution in [2.24, 2.45) is 0 Å². The summed E-state index contributed by atoms with van der Waals surface area (Å²) < 4.78 is 33.3. The van der Waals surface area contributed by atoms with Gasteiger partial charge in [-0.3, -0.25) is 24.8 Å². The molecule has 0 aliphatic carbocycles. The Morgan fingerprint density at radius 3 is 1.97 bits per heavy atom. The van der Waals surface area contributed by atoms with Gasteiger partial charge >= 0.3 is 0 Å². The van der Waals surface area contributed by atoms with E-state index < -0.39 is 36.2 Å². The SMILES string of the molecule is O=[N+]([O-])c1ccc(Nc2ccc(Nc3ccccc3)c(S(=O)(=O)O)c2)c([N+](=O)[O-])c1.[Na]. The third-order valence-corrected chi connectivity index (χ3v) is 4.87. The Hall–Kier alpha value is -3.03. The minimum Gasteiger partial charge on any atom is -0.354 e. The standard InChI is InChI=1S/C18H14N4O7S.Na/c23-21(24)14-7-9-15(17(11-14)22(25)26)20-13-6-8-16(18(10-13)30(27,28)29)19-12-4-2-1-3-5-12;/h1-11,19-20H,(H,27,28,29);. The Bertz CT molecular complexity index is 1240. The Balaban J connectivity index is 0.00000341. The molecule has 3 aromatic rings. The first-order valence-corrected chi connectivity index (χ1v) is 9.72. The van der Waals surface area contributed by atoms with Crippen LogP contribution in [0, 0.1) is 20.2 Å². The van der Waals surface area contributed by atoms with E-state index in [0.717, 1.165) is 24.3 Å². The van der Waals surface area contributed by atoms with Crippen LogP contribution in [0.2, 0.25) is 0 Å². The largest absolute Gasteiger partial charge is 0.354 e. The maximum Gasteiger partial charge on any atom is 0.299 e. The number of anilines is 4. The van der Waals surface area contributed by atoms with E-state index in [9.17, 15) is 33.2 Å². The Morgan fingerprint density at radius 2 is 1.39 bits per heavy atom. The maximum absolute atomic E-state index is 11.8. The van der Waals surface area contributed by atoms with E-state index >= 15 is 0 Å². The van der Waals surface area contributed by atoms with Crippen LogP contribution < -0.4 is 10.6 Å². The predicted molar refractivity (Wildman–Crippen MR) is 115 cm³/mol. The Kier molecular flexibility index (Phi) is 7.70. The fourth-order valence-electron chi connectivity index (χ4n) is 2.64. The van der Waals surface area contributed by atoms with Gasteiger partial charge in [-0.15, -0.1) is 0 Å². The van der Waals surface area contributed by atoms with Crippen LogP contribution in [0.3, 0.4) is 0 Å². The second-order valence-corrected chi connectivity index (χ2v) is 7.41. The van der Waals surface area contributed by atoms with Crippen molar-refractivity contribution >= 4 is 73.8 Å². The average Bonchev–Trinajstić information content (AvgIpc) is 2.69. The monoisotopic (exact) mass is 453 g/mol. The van der Waals surface area contributed by atoms with Gasteiger partial charge in [-0.25, -0.2) is 0 Å². The van der Waals surface area contributed by atoms with E-state index in [-0.39, 0.29) is 46.6 Å². The molecule has 13 heteroatoms. The first-order chi connectivity index (χ1) is 14.1. The van der Waals surface area contributed by atoms with Gasteiger partial charge in [0.2, 0.25) is 0 Å². The summed E-state index contributed by atoms with van der Waals surface area (Å²) in [7, 11) is -4.64. The van der Waals surface area contributed by atoms with Crippen molar-refractivity contribution < 1.29 is 22.8 Å².